The van der Waals surface area contributed by atoms with Crippen LogP contribution < -0.4 is 4.74 Å². The molecule has 0 unspecified atom stereocenters. The van der Waals surface area contributed by atoms with Gasteiger partial charge in [0.05, 0.1) is 16.8 Å². The molecule has 0 bridgehead atoms. The number of fused-ring (bicyclic) bond motifs is 6. The first-order valence-corrected chi connectivity index (χ1v) is 7.85. The van der Waals surface area contributed by atoms with Crippen molar-refractivity contribution in [2.24, 2.45) is 0 Å². The third-order valence-corrected chi connectivity index (χ3v) is 4.56. The van der Waals surface area contributed by atoms with Crippen LogP contribution in [0.15, 0.2) is 60.7 Å². The van der Waals surface area contributed by atoms with Crippen LogP contribution in [0, 0.1) is 6.92 Å². The smallest absolute Gasteiger partial charge is 0.129 e. The van der Waals surface area contributed by atoms with Crippen LogP contribution in [-0.2, 0) is 6.61 Å². The molecule has 0 saturated heterocycles. The molecule has 5 rings (SSSR count). The van der Waals surface area contributed by atoms with Crippen LogP contribution in [0.5, 0.6) is 5.75 Å². The molecule has 0 spiro atoms. The molecule has 3 aromatic carbocycles. The summed E-state index contributed by atoms with van der Waals surface area (Å²) in [5, 5.41) is 3.59. The van der Waals surface area contributed by atoms with E-state index >= 15 is 0 Å². The maximum absolute atomic E-state index is 6.00. The highest BCUT2D eigenvalue weighted by Gasteiger charge is 2.21. The lowest BCUT2D eigenvalue weighted by molar-refractivity contribution is 0.302. The molecule has 2 nitrogen and oxygen atoms in total. The van der Waals surface area contributed by atoms with Crippen molar-refractivity contribution in [3.63, 3.8) is 0 Å². The van der Waals surface area contributed by atoms with Crippen molar-refractivity contribution in [2.45, 2.75) is 13.5 Å². The molecule has 0 radical (unpaired) electrons. The molecule has 0 N–H and O–H groups in total. The van der Waals surface area contributed by atoms with Gasteiger partial charge in [-0.25, -0.2) is 4.98 Å². The van der Waals surface area contributed by atoms with Crippen LogP contribution in [0.4, 0.5) is 0 Å². The Morgan fingerprint density at radius 3 is 2.78 bits per heavy atom. The van der Waals surface area contributed by atoms with Gasteiger partial charge in [0.1, 0.15) is 12.4 Å². The van der Waals surface area contributed by atoms with Crippen molar-refractivity contribution in [2.75, 3.05) is 0 Å². The number of hydrogen-bond donors (Lipinski definition) is 0. The predicted octanol–water partition coefficient (Wildman–Crippen LogP) is 5.26. The van der Waals surface area contributed by atoms with Crippen molar-refractivity contribution in [3.05, 3.63) is 71.8 Å². The Labute approximate surface area is 134 Å². The summed E-state index contributed by atoms with van der Waals surface area (Å²) in [4.78, 5) is 4.97. The maximum atomic E-state index is 6.00. The van der Waals surface area contributed by atoms with Crippen LogP contribution in [0.3, 0.4) is 0 Å². The van der Waals surface area contributed by atoms with Gasteiger partial charge in [0.15, 0.2) is 0 Å². The van der Waals surface area contributed by atoms with Crippen molar-refractivity contribution in [1.82, 2.24) is 4.98 Å². The Morgan fingerprint density at radius 2 is 1.83 bits per heavy atom. The molecule has 0 atom stereocenters. The fourth-order valence-corrected chi connectivity index (χ4v) is 3.44. The summed E-state index contributed by atoms with van der Waals surface area (Å²) in [7, 11) is 0. The zero-order valence-electron chi connectivity index (χ0n) is 12.8. The van der Waals surface area contributed by atoms with Gasteiger partial charge in [-0.05, 0) is 42.0 Å². The standard InChI is InChI=1S/C21H15NO/c1-13-6-8-18-15(10-13)11-16-12-23-19-9-7-14-4-2-3-5-17(14)20(19)21(16)22-18/h2-11H,12H2,1H3. The summed E-state index contributed by atoms with van der Waals surface area (Å²) in [6.45, 7) is 2.69. The molecule has 1 aromatic heterocycles. The maximum Gasteiger partial charge on any atom is 0.129 e. The molecular weight excluding hydrogens is 282 g/mol. The quantitative estimate of drug-likeness (QED) is 0.442. The zero-order valence-corrected chi connectivity index (χ0v) is 12.8. The molecule has 1 aliphatic heterocycles. The van der Waals surface area contributed by atoms with E-state index in [1.54, 1.807) is 0 Å². The van der Waals surface area contributed by atoms with Crippen LogP contribution in [-0.4, -0.2) is 4.98 Å². The minimum atomic E-state index is 0.581. The highest BCUT2D eigenvalue weighted by atomic mass is 16.5. The number of hydrogen-bond acceptors (Lipinski definition) is 2. The number of pyridine rings is 1. The van der Waals surface area contributed by atoms with E-state index < -0.39 is 0 Å². The van der Waals surface area contributed by atoms with Gasteiger partial charge in [0.2, 0.25) is 0 Å². The van der Waals surface area contributed by atoms with Crippen molar-refractivity contribution >= 4 is 21.7 Å². The molecular formula is C21H15NO. The van der Waals surface area contributed by atoms with Gasteiger partial charge in [-0.15, -0.1) is 0 Å². The number of benzene rings is 3. The second kappa shape index (κ2) is 4.56. The lowest BCUT2D eigenvalue weighted by Gasteiger charge is -2.22. The third-order valence-electron chi connectivity index (χ3n) is 4.56. The molecule has 110 valence electrons. The van der Waals surface area contributed by atoms with E-state index in [2.05, 4.69) is 67.6 Å². The average Bonchev–Trinajstić information content (AvgIpc) is 2.59. The largest absolute Gasteiger partial charge is 0.488 e. The topological polar surface area (TPSA) is 22.1 Å². The molecule has 4 aromatic rings. The van der Waals surface area contributed by atoms with Gasteiger partial charge in [-0.2, -0.15) is 0 Å². The Kier molecular flexibility index (Phi) is 2.51. The van der Waals surface area contributed by atoms with Gasteiger partial charge < -0.3 is 4.74 Å². The highest BCUT2D eigenvalue weighted by molar-refractivity contribution is 6.01. The first kappa shape index (κ1) is 12.7. The van der Waals surface area contributed by atoms with E-state index in [0.717, 1.165) is 28.1 Å². The highest BCUT2D eigenvalue weighted by Crippen LogP contribution is 2.42. The molecule has 0 amide bonds. The van der Waals surface area contributed by atoms with Crippen LogP contribution in [0.25, 0.3) is 32.9 Å². The molecule has 23 heavy (non-hydrogen) atoms. The molecule has 1 aliphatic rings. The summed E-state index contributed by atoms with van der Waals surface area (Å²) in [6.07, 6.45) is 0. The Balaban J connectivity index is 1.89. The van der Waals surface area contributed by atoms with Crippen molar-refractivity contribution < 1.29 is 4.74 Å². The lowest BCUT2D eigenvalue weighted by Crippen LogP contribution is -2.07. The van der Waals surface area contributed by atoms with E-state index in [0.29, 0.717) is 6.61 Å². The van der Waals surface area contributed by atoms with E-state index in [9.17, 15) is 0 Å². The fourth-order valence-electron chi connectivity index (χ4n) is 3.44. The van der Waals surface area contributed by atoms with Gasteiger partial charge in [0.25, 0.3) is 0 Å². The number of nitrogens with zero attached hydrogens (tertiary/aromatic N) is 1. The summed E-state index contributed by atoms with van der Waals surface area (Å²) in [5.74, 6) is 0.926. The van der Waals surface area contributed by atoms with Gasteiger partial charge in [-0.3, -0.25) is 0 Å². The minimum absolute atomic E-state index is 0.581. The SMILES string of the molecule is Cc1ccc2nc3c(cc2c1)COc1ccc2ccccc2c1-3. The third kappa shape index (κ3) is 1.85. The Bertz CT molecular complexity index is 1080. The van der Waals surface area contributed by atoms with Crippen molar-refractivity contribution in [3.8, 4) is 17.0 Å². The second-order valence-electron chi connectivity index (χ2n) is 6.14. The first-order chi connectivity index (χ1) is 11.3. The normalized spacial score (nSPS) is 12.7. The number of aryl methyl sites for hydroxylation is 1. The van der Waals surface area contributed by atoms with E-state index in [1.165, 1.54) is 21.7 Å². The second-order valence-corrected chi connectivity index (χ2v) is 6.14. The number of rotatable bonds is 0. The van der Waals surface area contributed by atoms with Crippen molar-refractivity contribution in [1.29, 1.82) is 0 Å². The predicted molar refractivity (Wildman–Crippen MR) is 93.8 cm³/mol. The first-order valence-electron chi connectivity index (χ1n) is 7.85. The molecule has 2 heteroatoms. The summed E-state index contributed by atoms with van der Waals surface area (Å²) in [6, 6.07) is 21.2. The van der Waals surface area contributed by atoms with E-state index in [1.807, 2.05) is 0 Å². The summed E-state index contributed by atoms with van der Waals surface area (Å²) in [5.41, 5.74) is 5.62. The van der Waals surface area contributed by atoms with Crippen LogP contribution >= 0.6 is 0 Å². The Hall–Kier alpha value is -2.87. The van der Waals surface area contributed by atoms with Gasteiger partial charge in [0, 0.05) is 10.9 Å². The van der Waals surface area contributed by atoms with E-state index in [4.69, 9.17) is 9.72 Å². The van der Waals surface area contributed by atoms with Crippen LogP contribution in [0.2, 0.25) is 0 Å². The Morgan fingerprint density at radius 1 is 0.913 bits per heavy atom. The molecule has 2 heterocycles. The summed E-state index contributed by atoms with van der Waals surface area (Å²) < 4.78 is 6.00. The monoisotopic (exact) mass is 297 g/mol. The summed E-state index contributed by atoms with van der Waals surface area (Å²) >= 11 is 0. The molecule has 0 saturated carbocycles. The van der Waals surface area contributed by atoms with E-state index in [-0.39, 0.29) is 0 Å². The zero-order chi connectivity index (χ0) is 15.4. The average molecular weight is 297 g/mol. The van der Waals surface area contributed by atoms with Gasteiger partial charge >= 0.3 is 0 Å². The molecule has 0 fully saturated rings. The lowest BCUT2D eigenvalue weighted by atomic mass is 9.95. The number of aromatic nitrogens is 1. The number of ether oxygens (including phenoxy) is 1. The van der Waals surface area contributed by atoms with Crippen LogP contribution in [0.1, 0.15) is 11.1 Å². The van der Waals surface area contributed by atoms with Gasteiger partial charge in [-0.1, -0.05) is 42.0 Å². The molecule has 0 aliphatic carbocycles. The minimum Gasteiger partial charge on any atom is -0.488 e. The fraction of sp³-hybridized carbons (Fsp3) is 0.0952.